The third kappa shape index (κ3) is 2.44. The first-order valence-corrected chi connectivity index (χ1v) is 4.37. The van der Waals surface area contributed by atoms with Gasteiger partial charge in [0.15, 0.2) is 0 Å². The van der Waals surface area contributed by atoms with Crippen molar-refractivity contribution in [2.75, 3.05) is 27.2 Å². The lowest BCUT2D eigenvalue weighted by molar-refractivity contribution is -0.168. The van der Waals surface area contributed by atoms with Gasteiger partial charge in [-0.2, -0.15) is 0 Å². The van der Waals surface area contributed by atoms with Gasteiger partial charge < -0.3 is 10.6 Å². The van der Waals surface area contributed by atoms with Crippen LogP contribution in [0.3, 0.4) is 0 Å². The van der Waals surface area contributed by atoms with Gasteiger partial charge in [0, 0.05) is 14.1 Å². The normalized spacial score (nSPS) is 20.5. The van der Waals surface area contributed by atoms with Crippen LogP contribution in [0.4, 0.5) is 0 Å². The molecule has 1 fully saturated rings. The second-order valence-electron chi connectivity index (χ2n) is 3.41. The molecular formula is C8H13N3O4. The number of primary amides is 1. The average Bonchev–Trinajstić information content (AvgIpc) is 2.48. The summed E-state index contributed by atoms with van der Waals surface area (Å²) >= 11 is 0. The van der Waals surface area contributed by atoms with Gasteiger partial charge >= 0.3 is 0 Å². The van der Waals surface area contributed by atoms with Crippen molar-refractivity contribution in [1.29, 1.82) is 0 Å². The number of carbonyl (C=O) groups excluding carboxylic acids is 3. The van der Waals surface area contributed by atoms with E-state index in [1.54, 1.807) is 14.1 Å². The average molecular weight is 215 g/mol. The first-order valence-electron chi connectivity index (χ1n) is 4.37. The van der Waals surface area contributed by atoms with Crippen molar-refractivity contribution in [3.05, 3.63) is 0 Å². The number of hydrogen-bond acceptors (Lipinski definition) is 4. The number of amides is 3. The fraction of sp³-hybridized carbons (Fsp3) is 0.625. The molecule has 0 spiro atoms. The number of nitrogens with zero attached hydrogens (tertiary/aromatic N) is 2. The van der Waals surface area contributed by atoms with E-state index in [-0.39, 0.29) is 19.1 Å². The Morgan fingerprint density at radius 3 is 2.60 bits per heavy atom. The van der Waals surface area contributed by atoms with Crippen molar-refractivity contribution in [2.24, 2.45) is 11.7 Å². The fourth-order valence-corrected chi connectivity index (χ4v) is 1.06. The molecule has 0 bridgehead atoms. The number of rotatable bonds is 3. The zero-order valence-electron chi connectivity index (χ0n) is 8.60. The van der Waals surface area contributed by atoms with Crippen molar-refractivity contribution in [3.8, 4) is 0 Å². The summed E-state index contributed by atoms with van der Waals surface area (Å²) in [4.78, 5) is 39.7. The molecule has 2 N–H and O–H groups in total. The summed E-state index contributed by atoms with van der Waals surface area (Å²) in [5, 5.41) is 0.873. The van der Waals surface area contributed by atoms with Crippen LogP contribution in [-0.2, 0) is 19.2 Å². The van der Waals surface area contributed by atoms with Crippen LogP contribution >= 0.6 is 0 Å². The Morgan fingerprint density at radius 1 is 1.60 bits per heavy atom. The Morgan fingerprint density at radius 2 is 2.20 bits per heavy atom. The zero-order valence-corrected chi connectivity index (χ0v) is 8.60. The predicted octanol–water partition coefficient (Wildman–Crippen LogP) is -2.05. The van der Waals surface area contributed by atoms with Gasteiger partial charge in [-0.3, -0.25) is 19.2 Å². The number of hydroxylamine groups is 2. The molecule has 0 unspecified atom stereocenters. The van der Waals surface area contributed by atoms with Crippen LogP contribution in [0, 0.1) is 5.92 Å². The lowest BCUT2D eigenvalue weighted by atomic mass is 10.1. The summed E-state index contributed by atoms with van der Waals surface area (Å²) in [6.07, 6.45) is 0. The SMILES string of the molecule is CN(C)C(=O)CN1OC[C@H](C(N)=O)C1=O. The highest BCUT2D eigenvalue weighted by atomic mass is 16.7. The standard InChI is InChI=1S/C8H13N3O4/c1-10(2)6(12)3-11-8(14)5(4-15-11)7(9)13/h5H,3-4H2,1-2H3,(H2,9,13)/t5-/m1/s1. The minimum Gasteiger partial charge on any atom is -0.369 e. The Balaban J connectivity index is 2.57. The minimum atomic E-state index is -0.972. The van der Waals surface area contributed by atoms with Crippen molar-refractivity contribution in [2.45, 2.75) is 0 Å². The summed E-state index contributed by atoms with van der Waals surface area (Å²) < 4.78 is 0. The van der Waals surface area contributed by atoms with Crippen LogP contribution in [0.5, 0.6) is 0 Å². The van der Waals surface area contributed by atoms with Gasteiger partial charge in [0.2, 0.25) is 11.8 Å². The predicted molar refractivity (Wildman–Crippen MR) is 49.0 cm³/mol. The van der Waals surface area contributed by atoms with Gasteiger partial charge in [0.25, 0.3) is 5.91 Å². The molecule has 1 rings (SSSR count). The maximum atomic E-state index is 11.4. The highest BCUT2D eigenvalue weighted by Crippen LogP contribution is 2.13. The molecule has 1 atom stereocenters. The van der Waals surface area contributed by atoms with Crippen molar-refractivity contribution in [1.82, 2.24) is 9.96 Å². The smallest absolute Gasteiger partial charge is 0.261 e. The van der Waals surface area contributed by atoms with E-state index in [1.807, 2.05) is 0 Å². The molecular weight excluding hydrogens is 202 g/mol. The van der Waals surface area contributed by atoms with Gasteiger partial charge in [0.05, 0.1) is 6.61 Å². The molecule has 0 aliphatic carbocycles. The van der Waals surface area contributed by atoms with Crippen LogP contribution in [0.25, 0.3) is 0 Å². The van der Waals surface area contributed by atoms with Crippen molar-refractivity contribution < 1.29 is 19.2 Å². The van der Waals surface area contributed by atoms with Crippen molar-refractivity contribution >= 4 is 17.7 Å². The quantitative estimate of drug-likeness (QED) is 0.548. The largest absolute Gasteiger partial charge is 0.369 e. The molecule has 0 aromatic carbocycles. The molecule has 1 aliphatic heterocycles. The lowest BCUT2D eigenvalue weighted by Gasteiger charge is -2.16. The van der Waals surface area contributed by atoms with E-state index < -0.39 is 17.7 Å². The monoisotopic (exact) mass is 215 g/mol. The van der Waals surface area contributed by atoms with Gasteiger partial charge in [-0.05, 0) is 0 Å². The molecule has 15 heavy (non-hydrogen) atoms. The van der Waals surface area contributed by atoms with E-state index in [2.05, 4.69) is 0 Å². The summed E-state index contributed by atoms with van der Waals surface area (Å²) in [6, 6.07) is 0. The van der Waals surface area contributed by atoms with E-state index >= 15 is 0 Å². The highest BCUT2D eigenvalue weighted by molar-refractivity contribution is 6.01. The van der Waals surface area contributed by atoms with Crippen LogP contribution in [0.2, 0.25) is 0 Å². The van der Waals surface area contributed by atoms with Crippen LogP contribution in [0.15, 0.2) is 0 Å². The molecule has 7 heteroatoms. The van der Waals surface area contributed by atoms with E-state index in [0.29, 0.717) is 0 Å². The molecule has 0 aromatic rings. The summed E-state index contributed by atoms with van der Waals surface area (Å²) in [6.45, 7) is -0.287. The Kier molecular flexibility index (Phi) is 3.25. The Bertz CT molecular complexity index is 302. The van der Waals surface area contributed by atoms with Crippen LogP contribution < -0.4 is 5.73 Å². The highest BCUT2D eigenvalue weighted by Gasteiger charge is 2.38. The molecule has 1 heterocycles. The van der Waals surface area contributed by atoms with E-state index in [0.717, 1.165) is 5.06 Å². The molecule has 0 aromatic heterocycles. The summed E-state index contributed by atoms with van der Waals surface area (Å²) in [5.41, 5.74) is 4.98. The summed E-state index contributed by atoms with van der Waals surface area (Å²) in [7, 11) is 3.13. The minimum absolute atomic E-state index is 0.0884. The third-order valence-corrected chi connectivity index (χ3v) is 2.06. The zero-order chi connectivity index (χ0) is 11.6. The van der Waals surface area contributed by atoms with Gasteiger partial charge in [-0.1, -0.05) is 0 Å². The first-order chi connectivity index (χ1) is 6.93. The van der Waals surface area contributed by atoms with E-state index in [9.17, 15) is 14.4 Å². The Labute approximate surface area is 86.7 Å². The van der Waals surface area contributed by atoms with Gasteiger partial charge in [0.1, 0.15) is 12.5 Å². The second-order valence-corrected chi connectivity index (χ2v) is 3.41. The lowest BCUT2D eigenvalue weighted by Crippen LogP contribution is -2.39. The number of carbonyl (C=O) groups is 3. The molecule has 1 saturated heterocycles. The Hall–Kier alpha value is -1.63. The number of hydrogen-bond donors (Lipinski definition) is 1. The van der Waals surface area contributed by atoms with Crippen molar-refractivity contribution in [3.63, 3.8) is 0 Å². The maximum Gasteiger partial charge on any atom is 0.261 e. The third-order valence-electron chi connectivity index (χ3n) is 2.06. The number of nitrogens with two attached hydrogens (primary N) is 1. The molecule has 0 radical (unpaired) electrons. The topological polar surface area (TPSA) is 92.9 Å². The fourth-order valence-electron chi connectivity index (χ4n) is 1.06. The number of likely N-dealkylation sites (N-methyl/N-ethyl adjacent to an activating group) is 1. The molecule has 0 saturated carbocycles. The van der Waals surface area contributed by atoms with E-state index in [4.69, 9.17) is 10.6 Å². The van der Waals surface area contributed by atoms with Gasteiger partial charge in [-0.15, -0.1) is 0 Å². The molecule has 1 aliphatic rings. The molecule has 3 amide bonds. The maximum absolute atomic E-state index is 11.4. The van der Waals surface area contributed by atoms with Gasteiger partial charge in [-0.25, -0.2) is 5.06 Å². The van der Waals surface area contributed by atoms with E-state index in [1.165, 1.54) is 4.90 Å². The summed E-state index contributed by atoms with van der Waals surface area (Å²) in [5.74, 6) is -2.55. The second kappa shape index (κ2) is 4.26. The first kappa shape index (κ1) is 11.4. The molecule has 84 valence electrons. The van der Waals surface area contributed by atoms with Crippen LogP contribution in [0.1, 0.15) is 0 Å². The van der Waals surface area contributed by atoms with Crippen LogP contribution in [-0.4, -0.2) is 54.9 Å². The molecule has 7 nitrogen and oxygen atoms in total.